The van der Waals surface area contributed by atoms with Gasteiger partial charge in [-0.3, -0.25) is 4.79 Å². The molecule has 202 valence electrons. The number of hydrogen-bond acceptors (Lipinski definition) is 5. The highest BCUT2D eigenvalue weighted by Crippen LogP contribution is 2.45. The lowest BCUT2D eigenvalue weighted by molar-refractivity contribution is 0.103. The number of carbonyl (C=O) groups is 1. The molecule has 37 heavy (non-hydrogen) atoms. The van der Waals surface area contributed by atoms with Crippen LogP contribution in [0, 0.1) is 0 Å². The maximum Gasteiger partial charge on any atom is 0.197 e. The number of carbonyl (C=O) groups excluding carboxylic acids is 1. The SMILES string of the molecule is CCC.COc1c(O)cc2c(c1CC=C(C)C)C(=O)c1c(cc(OC(C)(C)C)c(CC=C(C)C)c1O)C2. The zero-order chi connectivity index (χ0) is 28.1. The Morgan fingerprint density at radius 1 is 0.919 bits per heavy atom. The second-order valence-corrected chi connectivity index (χ2v) is 11.1. The number of rotatable bonds is 6. The van der Waals surface area contributed by atoms with Gasteiger partial charge in [-0.15, -0.1) is 0 Å². The van der Waals surface area contributed by atoms with Crippen LogP contribution in [0.4, 0.5) is 0 Å². The molecule has 5 nitrogen and oxygen atoms in total. The predicted molar refractivity (Wildman–Crippen MR) is 152 cm³/mol. The van der Waals surface area contributed by atoms with E-state index < -0.39 is 5.60 Å². The Bertz CT molecular complexity index is 1200. The minimum Gasteiger partial charge on any atom is -0.507 e. The zero-order valence-electron chi connectivity index (χ0n) is 24.3. The fraction of sp³-hybridized carbons (Fsp3) is 0.469. The quantitative estimate of drug-likeness (QED) is 0.332. The monoisotopic (exact) mass is 508 g/mol. The van der Waals surface area contributed by atoms with Gasteiger partial charge in [0.1, 0.15) is 17.1 Å². The summed E-state index contributed by atoms with van der Waals surface area (Å²) >= 11 is 0. The van der Waals surface area contributed by atoms with Crippen molar-refractivity contribution in [3.8, 4) is 23.0 Å². The molecule has 0 atom stereocenters. The number of phenolic OH excluding ortho intramolecular Hbond substituents is 2. The van der Waals surface area contributed by atoms with Crippen molar-refractivity contribution >= 4 is 5.78 Å². The summed E-state index contributed by atoms with van der Waals surface area (Å²) in [5, 5.41) is 22.0. The van der Waals surface area contributed by atoms with Crippen LogP contribution >= 0.6 is 0 Å². The first-order valence-electron chi connectivity index (χ1n) is 13.0. The highest BCUT2D eigenvalue weighted by Gasteiger charge is 2.34. The van der Waals surface area contributed by atoms with Crippen LogP contribution in [0.25, 0.3) is 0 Å². The maximum absolute atomic E-state index is 13.9. The van der Waals surface area contributed by atoms with Gasteiger partial charge in [-0.25, -0.2) is 0 Å². The van der Waals surface area contributed by atoms with Crippen LogP contribution in [0.5, 0.6) is 23.0 Å². The van der Waals surface area contributed by atoms with E-state index in [-0.39, 0.29) is 17.3 Å². The van der Waals surface area contributed by atoms with Crippen LogP contribution in [0.3, 0.4) is 0 Å². The number of hydrogen-bond donors (Lipinski definition) is 2. The lowest BCUT2D eigenvalue weighted by Gasteiger charge is -2.28. The van der Waals surface area contributed by atoms with E-state index in [1.165, 1.54) is 13.5 Å². The van der Waals surface area contributed by atoms with Crippen molar-refractivity contribution in [2.45, 2.75) is 93.6 Å². The standard InChI is InChI=1S/C29H36O5.C3H8/c1-16(2)9-11-20-23(34-29(5,6)7)15-19-13-18-14-22(30)28(33-8)21(12-10-17(3)4)24(18)27(32)25(19)26(20)31;1-3-2/h9-10,14-15,30-31H,11-13H2,1-8H3;3H2,1-2H3. The molecular formula is C32H44O5. The summed E-state index contributed by atoms with van der Waals surface area (Å²) in [5.74, 6) is 0.574. The molecule has 0 aliphatic heterocycles. The molecule has 1 aliphatic rings. The number of methoxy groups -OCH3 is 1. The summed E-state index contributed by atoms with van der Waals surface area (Å²) in [6.45, 7) is 18.1. The molecule has 0 unspecified atom stereocenters. The Morgan fingerprint density at radius 2 is 1.43 bits per heavy atom. The lowest BCUT2D eigenvalue weighted by atomic mass is 9.79. The van der Waals surface area contributed by atoms with Gasteiger partial charge in [0.15, 0.2) is 17.3 Å². The summed E-state index contributed by atoms with van der Waals surface area (Å²) < 4.78 is 11.7. The van der Waals surface area contributed by atoms with E-state index in [1.807, 2.05) is 66.7 Å². The molecule has 2 aromatic rings. The average Bonchev–Trinajstić information content (AvgIpc) is 2.75. The maximum atomic E-state index is 13.9. The topological polar surface area (TPSA) is 76.0 Å². The molecule has 0 radical (unpaired) electrons. The highest BCUT2D eigenvalue weighted by molar-refractivity contribution is 6.15. The first kappa shape index (κ1) is 30.0. The highest BCUT2D eigenvalue weighted by atomic mass is 16.5. The van der Waals surface area contributed by atoms with E-state index in [0.717, 1.165) is 11.1 Å². The number of benzene rings is 2. The van der Waals surface area contributed by atoms with Crippen molar-refractivity contribution in [1.29, 1.82) is 0 Å². The van der Waals surface area contributed by atoms with Gasteiger partial charge in [0.2, 0.25) is 0 Å². The van der Waals surface area contributed by atoms with Crippen LogP contribution in [-0.2, 0) is 19.3 Å². The second-order valence-electron chi connectivity index (χ2n) is 11.1. The fourth-order valence-electron chi connectivity index (χ4n) is 4.30. The molecule has 5 heteroatoms. The number of aromatic hydroxyl groups is 2. The molecule has 0 aromatic heterocycles. The first-order valence-corrected chi connectivity index (χ1v) is 13.0. The summed E-state index contributed by atoms with van der Waals surface area (Å²) in [5.41, 5.74) is 5.17. The van der Waals surface area contributed by atoms with Crippen molar-refractivity contribution in [1.82, 2.24) is 0 Å². The minimum atomic E-state index is -0.472. The molecule has 0 amide bonds. The Balaban J connectivity index is 0.00000153. The third-order valence-electron chi connectivity index (χ3n) is 5.77. The van der Waals surface area contributed by atoms with Gasteiger partial charge in [0, 0.05) is 16.7 Å². The number of ether oxygens (including phenoxy) is 2. The Morgan fingerprint density at radius 3 is 1.92 bits per heavy atom. The van der Waals surface area contributed by atoms with Crippen molar-refractivity contribution in [3.63, 3.8) is 0 Å². The summed E-state index contributed by atoms with van der Waals surface area (Å²) in [4.78, 5) is 13.9. The van der Waals surface area contributed by atoms with E-state index in [4.69, 9.17) is 9.47 Å². The molecule has 0 saturated heterocycles. The minimum absolute atomic E-state index is 0.00483. The molecule has 2 aromatic carbocycles. The van der Waals surface area contributed by atoms with Crippen molar-refractivity contribution in [3.05, 3.63) is 68.8 Å². The van der Waals surface area contributed by atoms with Gasteiger partial charge in [-0.05, 0) is 91.0 Å². The summed E-state index contributed by atoms with van der Waals surface area (Å²) in [7, 11) is 1.49. The van der Waals surface area contributed by atoms with Gasteiger partial charge in [-0.1, -0.05) is 43.6 Å². The average molecular weight is 509 g/mol. The van der Waals surface area contributed by atoms with E-state index in [1.54, 1.807) is 6.07 Å². The molecule has 1 aliphatic carbocycles. The molecular weight excluding hydrogens is 464 g/mol. The van der Waals surface area contributed by atoms with Gasteiger partial charge >= 0.3 is 0 Å². The molecule has 0 fully saturated rings. The fourth-order valence-corrected chi connectivity index (χ4v) is 4.30. The van der Waals surface area contributed by atoms with Gasteiger partial charge in [0.05, 0.1) is 12.7 Å². The molecule has 3 rings (SSSR count). The normalized spacial score (nSPS) is 12.0. The van der Waals surface area contributed by atoms with Gasteiger partial charge < -0.3 is 19.7 Å². The smallest absolute Gasteiger partial charge is 0.197 e. The van der Waals surface area contributed by atoms with Crippen LogP contribution in [0.15, 0.2) is 35.4 Å². The Kier molecular flexibility index (Phi) is 10.0. The number of phenols is 2. The second kappa shape index (κ2) is 12.4. The largest absolute Gasteiger partial charge is 0.507 e. The number of ketones is 1. The van der Waals surface area contributed by atoms with E-state index in [0.29, 0.717) is 64.1 Å². The summed E-state index contributed by atoms with van der Waals surface area (Å²) in [6, 6.07) is 3.46. The Labute approximate surface area is 222 Å². The molecule has 0 heterocycles. The van der Waals surface area contributed by atoms with Crippen LogP contribution < -0.4 is 9.47 Å². The third kappa shape index (κ3) is 7.18. The molecule has 2 N–H and O–H groups in total. The van der Waals surface area contributed by atoms with E-state index in [9.17, 15) is 15.0 Å². The summed E-state index contributed by atoms with van der Waals surface area (Å²) in [6.07, 6.45) is 6.56. The third-order valence-corrected chi connectivity index (χ3v) is 5.77. The first-order chi connectivity index (χ1) is 17.2. The van der Waals surface area contributed by atoms with Crippen molar-refractivity contribution in [2.24, 2.45) is 0 Å². The van der Waals surface area contributed by atoms with E-state index >= 15 is 0 Å². The van der Waals surface area contributed by atoms with Crippen molar-refractivity contribution < 1.29 is 24.5 Å². The molecule has 0 spiro atoms. The van der Waals surface area contributed by atoms with Gasteiger partial charge in [-0.2, -0.15) is 0 Å². The molecule has 0 bridgehead atoms. The van der Waals surface area contributed by atoms with E-state index in [2.05, 4.69) is 13.8 Å². The van der Waals surface area contributed by atoms with Crippen LogP contribution in [-0.4, -0.2) is 28.7 Å². The molecule has 0 saturated carbocycles. The van der Waals surface area contributed by atoms with Crippen LogP contribution in [0.1, 0.15) is 107 Å². The number of fused-ring (bicyclic) bond motifs is 2. The van der Waals surface area contributed by atoms with Gasteiger partial charge in [0.25, 0.3) is 0 Å². The lowest BCUT2D eigenvalue weighted by Crippen LogP contribution is -2.25. The van der Waals surface area contributed by atoms with Crippen LogP contribution in [0.2, 0.25) is 0 Å². The number of allylic oxidation sites excluding steroid dienone is 4. The Hall–Kier alpha value is -3.21. The predicted octanol–water partition coefficient (Wildman–Crippen LogP) is 7.85. The van der Waals surface area contributed by atoms with Crippen molar-refractivity contribution in [2.75, 3.05) is 7.11 Å². The zero-order valence-corrected chi connectivity index (χ0v) is 24.3.